The maximum atomic E-state index is 13.8. The Morgan fingerprint density at radius 3 is 2.62 bits per heavy atom. The Hall–Kier alpha value is -1.09. The first kappa shape index (κ1) is 11.4. The molecule has 0 unspecified atom stereocenters. The highest BCUT2D eigenvalue weighted by atomic mass is 19.1. The van der Waals surface area contributed by atoms with E-state index in [0.29, 0.717) is 17.2 Å². The number of halogens is 1. The predicted molar refractivity (Wildman–Crippen MR) is 61.8 cm³/mol. The van der Waals surface area contributed by atoms with Gasteiger partial charge in [-0.2, -0.15) is 0 Å². The highest BCUT2D eigenvalue weighted by Crippen LogP contribution is 2.35. The van der Waals surface area contributed by atoms with Gasteiger partial charge in [-0.15, -0.1) is 0 Å². The van der Waals surface area contributed by atoms with Crippen LogP contribution < -0.4 is 10.5 Å². The molecule has 16 heavy (non-hydrogen) atoms. The summed E-state index contributed by atoms with van der Waals surface area (Å²) in [5.74, 6) is 0.724. The minimum atomic E-state index is -0.251. The van der Waals surface area contributed by atoms with Crippen molar-refractivity contribution in [3.8, 4) is 5.75 Å². The van der Waals surface area contributed by atoms with E-state index in [4.69, 9.17) is 10.5 Å². The molecule has 0 bridgehead atoms. The Morgan fingerprint density at radius 1 is 1.38 bits per heavy atom. The summed E-state index contributed by atoms with van der Waals surface area (Å²) in [6.45, 7) is 0. The van der Waals surface area contributed by atoms with Crippen LogP contribution in [0.3, 0.4) is 0 Å². The average molecular weight is 223 g/mol. The monoisotopic (exact) mass is 223 g/mol. The molecular formula is C13H18FNO. The molecule has 1 atom stereocenters. The van der Waals surface area contributed by atoms with Gasteiger partial charge in [0.05, 0.1) is 7.11 Å². The minimum Gasteiger partial charge on any atom is -0.497 e. The van der Waals surface area contributed by atoms with Gasteiger partial charge in [0.25, 0.3) is 0 Å². The van der Waals surface area contributed by atoms with Crippen LogP contribution in [0.15, 0.2) is 18.2 Å². The molecular weight excluding hydrogens is 205 g/mol. The van der Waals surface area contributed by atoms with E-state index in [-0.39, 0.29) is 11.9 Å². The van der Waals surface area contributed by atoms with Gasteiger partial charge in [-0.3, -0.25) is 0 Å². The van der Waals surface area contributed by atoms with Crippen molar-refractivity contribution in [2.75, 3.05) is 7.11 Å². The van der Waals surface area contributed by atoms with Crippen LogP contribution >= 0.6 is 0 Å². The highest BCUT2D eigenvalue weighted by Gasteiger charge is 2.25. The molecule has 2 N–H and O–H groups in total. The molecule has 1 fully saturated rings. The van der Waals surface area contributed by atoms with E-state index in [2.05, 4.69) is 0 Å². The Balaban J connectivity index is 2.19. The molecule has 1 aromatic carbocycles. The molecule has 0 spiro atoms. The summed E-state index contributed by atoms with van der Waals surface area (Å²) >= 11 is 0. The second kappa shape index (κ2) is 4.83. The van der Waals surface area contributed by atoms with E-state index < -0.39 is 0 Å². The van der Waals surface area contributed by atoms with Crippen LogP contribution in [0.5, 0.6) is 5.75 Å². The van der Waals surface area contributed by atoms with Crippen LogP contribution in [-0.2, 0) is 0 Å². The quantitative estimate of drug-likeness (QED) is 0.854. The Bertz CT molecular complexity index is 361. The lowest BCUT2D eigenvalue weighted by molar-refractivity contribution is 0.404. The van der Waals surface area contributed by atoms with Gasteiger partial charge in [-0.1, -0.05) is 18.9 Å². The van der Waals surface area contributed by atoms with Crippen LogP contribution in [0.2, 0.25) is 0 Å². The normalized spacial score (nSPS) is 18.7. The van der Waals surface area contributed by atoms with Gasteiger partial charge < -0.3 is 10.5 Å². The predicted octanol–water partition coefficient (Wildman–Crippen LogP) is 3.02. The topological polar surface area (TPSA) is 35.2 Å². The lowest BCUT2D eigenvalue weighted by atomic mass is 9.92. The van der Waals surface area contributed by atoms with E-state index in [1.807, 2.05) is 0 Å². The van der Waals surface area contributed by atoms with Crippen molar-refractivity contribution in [3.05, 3.63) is 29.6 Å². The molecule has 1 aromatic rings. The minimum absolute atomic E-state index is 0.173. The lowest BCUT2D eigenvalue weighted by Gasteiger charge is -2.20. The number of ether oxygens (including phenoxy) is 1. The molecule has 0 heterocycles. The van der Waals surface area contributed by atoms with Gasteiger partial charge in [-0.05, 0) is 24.8 Å². The fourth-order valence-electron chi connectivity index (χ4n) is 2.48. The molecule has 0 aliphatic heterocycles. The van der Waals surface area contributed by atoms with Crippen molar-refractivity contribution in [3.63, 3.8) is 0 Å². The first-order valence-corrected chi connectivity index (χ1v) is 5.81. The van der Waals surface area contributed by atoms with E-state index in [1.165, 1.54) is 26.0 Å². The fraction of sp³-hybridized carbons (Fsp3) is 0.538. The van der Waals surface area contributed by atoms with Gasteiger partial charge in [0.2, 0.25) is 0 Å². The lowest BCUT2D eigenvalue weighted by Crippen LogP contribution is -2.20. The first-order valence-electron chi connectivity index (χ1n) is 5.81. The average Bonchev–Trinajstić information content (AvgIpc) is 2.81. The summed E-state index contributed by atoms with van der Waals surface area (Å²) in [5.41, 5.74) is 6.73. The number of hydrogen-bond donors (Lipinski definition) is 1. The van der Waals surface area contributed by atoms with Crippen molar-refractivity contribution in [1.29, 1.82) is 0 Å². The van der Waals surface area contributed by atoms with Crippen molar-refractivity contribution >= 4 is 0 Å². The molecule has 1 aliphatic carbocycles. The molecule has 0 saturated heterocycles. The summed E-state index contributed by atoms with van der Waals surface area (Å²) in [4.78, 5) is 0. The number of benzene rings is 1. The first-order chi connectivity index (χ1) is 7.72. The number of methoxy groups -OCH3 is 1. The van der Waals surface area contributed by atoms with Crippen LogP contribution in [0.4, 0.5) is 4.39 Å². The van der Waals surface area contributed by atoms with Gasteiger partial charge >= 0.3 is 0 Å². The van der Waals surface area contributed by atoms with Gasteiger partial charge in [0.1, 0.15) is 11.6 Å². The smallest absolute Gasteiger partial charge is 0.131 e. The summed E-state index contributed by atoms with van der Waals surface area (Å²) in [6.07, 6.45) is 4.67. The molecule has 1 saturated carbocycles. The third-order valence-corrected chi connectivity index (χ3v) is 3.47. The molecule has 2 nitrogen and oxygen atoms in total. The number of rotatable bonds is 3. The molecule has 1 aliphatic rings. The Morgan fingerprint density at radius 2 is 2.06 bits per heavy atom. The van der Waals surface area contributed by atoms with E-state index in [0.717, 1.165) is 12.8 Å². The zero-order valence-corrected chi connectivity index (χ0v) is 9.58. The maximum absolute atomic E-state index is 13.8. The molecule has 3 heteroatoms. The van der Waals surface area contributed by atoms with E-state index in [9.17, 15) is 4.39 Å². The summed E-state index contributed by atoms with van der Waals surface area (Å²) in [6, 6.07) is 4.75. The highest BCUT2D eigenvalue weighted by molar-refractivity contribution is 5.31. The molecule has 88 valence electrons. The van der Waals surface area contributed by atoms with Crippen LogP contribution in [0.1, 0.15) is 37.3 Å². The van der Waals surface area contributed by atoms with Crippen LogP contribution in [-0.4, -0.2) is 7.11 Å². The number of nitrogens with two attached hydrogens (primary N) is 1. The van der Waals surface area contributed by atoms with Crippen molar-refractivity contribution < 1.29 is 9.13 Å². The standard InChI is InChI=1S/C13H18FNO/c1-16-10-6-7-11(12(14)8-10)13(15)9-4-2-3-5-9/h6-9,13H,2-5,15H2,1H3/t13-/m1/s1. The van der Waals surface area contributed by atoms with Crippen LogP contribution in [0.25, 0.3) is 0 Å². The van der Waals surface area contributed by atoms with Gasteiger partial charge in [0.15, 0.2) is 0 Å². The maximum Gasteiger partial charge on any atom is 0.131 e. The molecule has 0 radical (unpaired) electrons. The van der Waals surface area contributed by atoms with E-state index in [1.54, 1.807) is 12.1 Å². The summed E-state index contributed by atoms with van der Waals surface area (Å²) in [5, 5.41) is 0. The number of hydrogen-bond acceptors (Lipinski definition) is 2. The largest absolute Gasteiger partial charge is 0.497 e. The zero-order chi connectivity index (χ0) is 11.5. The third kappa shape index (κ3) is 2.19. The Labute approximate surface area is 95.6 Å². The van der Waals surface area contributed by atoms with Crippen molar-refractivity contribution in [2.24, 2.45) is 11.7 Å². The summed E-state index contributed by atoms with van der Waals surface area (Å²) < 4.78 is 18.8. The Kier molecular flexibility index (Phi) is 3.44. The summed E-state index contributed by atoms with van der Waals surface area (Å²) in [7, 11) is 1.53. The zero-order valence-electron chi connectivity index (χ0n) is 9.58. The SMILES string of the molecule is COc1ccc([C@H](N)C2CCCC2)c(F)c1. The van der Waals surface area contributed by atoms with Crippen molar-refractivity contribution in [2.45, 2.75) is 31.7 Å². The van der Waals surface area contributed by atoms with Crippen molar-refractivity contribution in [1.82, 2.24) is 0 Å². The third-order valence-electron chi connectivity index (χ3n) is 3.47. The van der Waals surface area contributed by atoms with E-state index >= 15 is 0 Å². The van der Waals surface area contributed by atoms with Gasteiger partial charge in [-0.25, -0.2) is 4.39 Å². The second-order valence-electron chi connectivity index (χ2n) is 4.46. The van der Waals surface area contributed by atoms with Gasteiger partial charge in [0, 0.05) is 17.7 Å². The fourth-order valence-corrected chi connectivity index (χ4v) is 2.48. The molecule has 0 amide bonds. The van der Waals surface area contributed by atoms with Crippen LogP contribution in [0, 0.1) is 11.7 Å². The molecule has 0 aromatic heterocycles. The molecule has 2 rings (SSSR count). The second-order valence-corrected chi connectivity index (χ2v) is 4.46.